The summed E-state index contributed by atoms with van der Waals surface area (Å²) in [6.07, 6.45) is 0.842. The molecule has 0 radical (unpaired) electrons. The van der Waals surface area contributed by atoms with Crippen molar-refractivity contribution in [2.24, 2.45) is 0 Å². The molecule has 0 aliphatic rings. The van der Waals surface area contributed by atoms with Gasteiger partial charge in [0.2, 0.25) is 0 Å². The molecule has 2 rings (SSSR count). The average molecular weight is 290 g/mol. The zero-order chi connectivity index (χ0) is 14.5. The van der Waals surface area contributed by atoms with E-state index in [1.165, 1.54) is 5.56 Å². The van der Waals surface area contributed by atoms with Gasteiger partial charge in [-0.05, 0) is 49.2 Å². The smallest absolute Gasteiger partial charge is 0.335 e. The van der Waals surface area contributed by atoms with Gasteiger partial charge in [0.1, 0.15) is 0 Å². The summed E-state index contributed by atoms with van der Waals surface area (Å²) in [5.74, 6) is -0.918. The van der Waals surface area contributed by atoms with Gasteiger partial charge in [-0.25, -0.2) is 4.79 Å². The highest BCUT2D eigenvalue weighted by Gasteiger charge is 2.06. The molecular weight excluding hydrogens is 274 g/mol. The molecule has 0 aromatic heterocycles. The number of hydrogen-bond donors (Lipinski definition) is 2. The van der Waals surface area contributed by atoms with E-state index < -0.39 is 5.97 Å². The van der Waals surface area contributed by atoms with Crippen LogP contribution >= 0.6 is 11.6 Å². The first-order chi connectivity index (χ1) is 9.54. The van der Waals surface area contributed by atoms with Crippen LogP contribution in [0.5, 0.6) is 0 Å². The van der Waals surface area contributed by atoms with Crippen molar-refractivity contribution < 1.29 is 9.90 Å². The van der Waals surface area contributed by atoms with Crippen molar-refractivity contribution in [2.75, 3.05) is 5.32 Å². The van der Waals surface area contributed by atoms with E-state index in [4.69, 9.17) is 16.7 Å². The summed E-state index contributed by atoms with van der Waals surface area (Å²) in [4.78, 5) is 10.9. The highest BCUT2D eigenvalue weighted by atomic mass is 35.5. The molecule has 0 aliphatic heterocycles. The van der Waals surface area contributed by atoms with Crippen molar-refractivity contribution in [2.45, 2.75) is 19.4 Å². The zero-order valence-corrected chi connectivity index (χ0v) is 11.9. The van der Waals surface area contributed by atoms with Gasteiger partial charge in [0, 0.05) is 16.8 Å². The minimum absolute atomic E-state index is 0.195. The number of anilines is 1. The van der Waals surface area contributed by atoms with Gasteiger partial charge in [0.25, 0.3) is 0 Å². The third kappa shape index (κ3) is 4.00. The second-order valence-corrected chi connectivity index (χ2v) is 5.20. The summed E-state index contributed by atoms with van der Waals surface area (Å²) in [5.41, 5.74) is 2.28. The van der Waals surface area contributed by atoms with Crippen molar-refractivity contribution in [1.82, 2.24) is 0 Å². The maximum Gasteiger partial charge on any atom is 0.335 e. The Labute approximate surface area is 123 Å². The van der Waals surface area contributed by atoms with Gasteiger partial charge < -0.3 is 10.4 Å². The Morgan fingerprint density at radius 3 is 2.60 bits per heavy atom. The molecule has 4 heteroatoms. The van der Waals surface area contributed by atoms with Gasteiger partial charge >= 0.3 is 5.97 Å². The van der Waals surface area contributed by atoms with Crippen molar-refractivity contribution >= 4 is 23.3 Å². The summed E-state index contributed by atoms with van der Waals surface area (Å²) in [5, 5.41) is 13.0. The molecule has 0 spiro atoms. The van der Waals surface area contributed by atoms with Crippen LogP contribution in [0, 0.1) is 0 Å². The molecule has 2 aromatic rings. The van der Waals surface area contributed by atoms with Crippen LogP contribution in [-0.4, -0.2) is 17.1 Å². The lowest BCUT2D eigenvalue weighted by Crippen LogP contribution is -2.18. The van der Waals surface area contributed by atoms with Gasteiger partial charge in [-0.15, -0.1) is 0 Å². The zero-order valence-electron chi connectivity index (χ0n) is 11.1. The monoisotopic (exact) mass is 289 g/mol. The molecular formula is C16H16ClNO2. The summed E-state index contributed by atoms with van der Waals surface area (Å²) in [6.45, 7) is 2.06. The number of halogens is 1. The summed E-state index contributed by atoms with van der Waals surface area (Å²) >= 11 is 5.85. The molecule has 0 saturated carbocycles. The van der Waals surface area contributed by atoms with E-state index in [9.17, 15) is 4.79 Å². The standard InChI is InChI=1S/C16H16ClNO2/c1-11(9-12-5-7-14(17)8-6-12)18-15-4-2-3-13(10-15)16(19)20/h2-8,10-11,18H,9H2,1H3,(H,19,20). The van der Waals surface area contributed by atoms with Crippen molar-refractivity contribution in [3.05, 3.63) is 64.7 Å². The van der Waals surface area contributed by atoms with Gasteiger partial charge in [-0.1, -0.05) is 29.8 Å². The molecule has 0 aliphatic carbocycles. The SMILES string of the molecule is CC(Cc1ccc(Cl)cc1)Nc1cccc(C(=O)O)c1. The number of benzene rings is 2. The van der Waals surface area contributed by atoms with Crippen LogP contribution in [-0.2, 0) is 6.42 Å². The minimum atomic E-state index is -0.918. The van der Waals surface area contributed by atoms with E-state index in [0.717, 1.165) is 17.1 Å². The lowest BCUT2D eigenvalue weighted by atomic mass is 10.1. The van der Waals surface area contributed by atoms with E-state index in [0.29, 0.717) is 0 Å². The van der Waals surface area contributed by atoms with Crippen molar-refractivity contribution in [3.8, 4) is 0 Å². The summed E-state index contributed by atoms with van der Waals surface area (Å²) in [7, 11) is 0. The third-order valence-electron chi connectivity index (χ3n) is 2.98. The Kier molecular flexibility index (Phi) is 4.64. The van der Waals surface area contributed by atoms with Gasteiger partial charge in [-0.2, -0.15) is 0 Å². The van der Waals surface area contributed by atoms with E-state index in [-0.39, 0.29) is 11.6 Å². The summed E-state index contributed by atoms with van der Waals surface area (Å²) < 4.78 is 0. The first-order valence-electron chi connectivity index (χ1n) is 6.39. The Morgan fingerprint density at radius 2 is 1.95 bits per heavy atom. The molecule has 0 fully saturated rings. The largest absolute Gasteiger partial charge is 0.478 e. The Morgan fingerprint density at radius 1 is 1.25 bits per heavy atom. The second kappa shape index (κ2) is 6.44. The molecule has 0 saturated heterocycles. The quantitative estimate of drug-likeness (QED) is 0.872. The molecule has 0 heterocycles. The highest BCUT2D eigenvalue weighted by Crippen LogP contribution is 2.15. The van der Waals surface area contributed by atoms with Crippen LogP contribution in [0.2, 0.25) is 5.02 Å². The Bertz CT molecular complexity index is 596. The van der Waals surface area contributed by atoms with E-state index in [2.05, 4.69) is 12.2 Å². The average Bonchev–Trinajstić information content (AvgIpc) is 2.41. The number of carboxylic acids is 1. The summed E-state index contributed by atoms with van der Waals surface area (Å²) in [6, 6.07) is 14.7. The number of rotatable bonds is 5. The van der Waals surface area contributed by atoms with E-state index >= 15 is 0 Å². The lowest BCUT2D eigenvalue weighted by Gasteiger charge is -2.15. The number of carboxylic acid groups (broad SMARTS) is 1. The third-order valence-corrected chi connectivity index (χ3v) is 3.23. The second-order valence-electron chi connectivity index (χ2n) is 4.76. The molecule has 1 unspecified atom stereocenters. The Balaban J connectivity index is 2.00. The molecule has 2 N–H and O–H groups in total. The van der Waals surface area contributed by atoms with Crippen LogP contribution in [0.4, 0.5) is 5.69 Å². The van der Waals surface area contributed by atoms with Gasteiger partial charge in [-0.3, -0.25) is 0 Å². The minimum Gasteiger partial charge on any atom is -0.478 e. The molecule has 3 nitrogen and oxygen atoms in total. The van der Waals surface area contributed by atoms with Crippen LogP contribution in [0.3, 0.4) is 0 Å². The number of hydrogen-bond acceptors (Lipinski definition) is 2. The van der Waals surface area contributed by atoms with Crippen molar-refractivity contribution in [1.29, 1.82) is 0 Å². The number of nitrogens with one attached hydrogen (secondary N) is 1. The fraction of sp³-hybridized carbons (Fsp3) is 0.188. The molecule has 0 amide bonds. The number of aromatic carboxylic acids is 1. The number of carbonyl (C=O) groups is 1. The first-order valence-corrected chi connectivity index (χ1v) is 6.77. The molecule has 2 aromatic carbocycles. The molecule has 20 heavy (non-hydrogen) atoms. The van der Waals surface area contributed by atoms with E-state index in [1.807, 2.05) is 30.3 Å². The van der Waals surface area contributed by atoms with Crippen LogP contribution in [0.1, 0.15) is 22.8 Å². The maximum atomic E-state index is 10.9. The highest BCUT2D eigenvalue weighted by molar-refractivity contribution is 6.30. The first kappa shape index (κ1) is 14.4. The van der Waals surface area contributed by atoms with E-state index in [1.54, 1.807) is 18.2 Å². The normalized spacial score (nSPS) is 11.9. The predicted molar refractivity (Wildman–Crippen MR) is 81.6 cm³/mol. The van der Waals surface area contributed by atoms with Gasteiger partial charge in [0.15, 0.2) is 0 Å². The topological polar surface area (TPSA) is 49.3 Å². The fourth-order valence-corrected chi connectivity index (χ4v) is 2.18. The molecule has 0 bridgehead atoms. The maximum absolute atomic E-state index is 10.9. The lowest BCUT2D eigenvalue weighted by molar-refractivity contribution is 0.0697. The predicted octanol–water partition coefficient (Wildman–Crippen LogP) is 4.08. The van der Waals surface area contributed by atoms with Gasteiger partial charge in [0.05, 0.1) is 5.56 Å². The van der Waals surface area contributed by atoms with Crippen molar-refractivity contribution in [3.63, 3.8) is 0 Å². The van der Waals surface area contributed by atoms with Crippen LogP contribution in [0.25, 0.3) is 0 Å². The fourth-order valence-electron chi connectivity index (χ4n) is 2.05. The Hall–Kier alpha value is -2.00. The molecule has 1 atom stereocenters. The van der Waals surface area contributed by atoms with Crippen LogP contribution in [0.15, 0.2) is 48.5 Å². The molecule has 104 valence electrons. The van der Waals surface area contributed by atoms with Crippen LogP contribution < -0.4 is 5.32 Å².